The maximum Gasteiger partial charge on any atom is 0.342 e. The molecule has 1 amide bonds. The van der Waals surface area contributed by atoms with Crippen LogP contribution in [0.15, 0.2) is 48.0 Å². The van der Waals surface area contributed by atoms with Crippen molar-refractivity contribution in [1.82, 2.24) is 5.32 Å². The maximum atomic E-state index is 13.9. The molecule has 146 valence electrons. The topological polar surface area (TPSA) is 86.6 Å². The molecule has 2 aromatic carbocycles. The van der Waals surface area contributed by atoms with Crippen LogP contribution in [0.1, 0.15) is 16.8 Å². The number of carbonyl (C=O) groups excluding carboxylic acids is 1. The van der Waals surface area contributed by atoms with E-state index < -0.39 is 25.0 Å². The minimum Gasteiger partial charge on any atom is -0.332 e. The molecule has 10 heteroatoms. The SMILES string of the molecule is O=C(N/C=C/c1cccc(Cl)c1F)C(c1csc2ccc(Cl)cc12)P(=O)(O)O. The second-order valence-corrected chi connectivity index (χ2v) is 9.26. The van der Waals surface area contributed by atoms with Crippen LogP contribution >= 0.6 is 42.1 Å². The smallest absolute Gasteiger partial charge is 0.332 e. The molecule has 3 N–H and O–H groups in total. The largest absolute Gasteiger partial charge is 0.342 e. The first-order chi connectivity index (χ1) is 13.2. The average molecular weight is 460 g/mol. The zero-order valence-electron chi connectivity index (χ0n) is 14.0. The van der Waals surface area contributed by atoms with Crippen LogP contribution in [0.2, 0.25) is 10.0 Å². The number of amides is 1. The third-order valence-electron chi connectivity index (χ3n) is 3.91. The molecular weight excluding hydrogens is 447 g/mol. The summed E-state index contributed by atoms with van der Waals surface area (Å²) in [5.74, 6) is -1.59. The minimum atomic E-state index is -4.85. The molecule has 0 aliphatic rings. The average Bonchev–Trinajstić information content (AvgIpc) is 3.00. The third-order valence-corrected chi connectivity index (χ3v) is 6.61. The van der Waals surface area contributed by atoms with Crippen molar-refractivity contribution in [3.05, 3.63) is 75.0 Å². The molecule has 5 nitrogen and oxygen atoms in total. The Kier molecular flexibility index (Phi) is 6.25. The summed E-state index contributed by atoms with van der Waals surface area (Å²) in [6.07, 6.45) is 2.36. The summed E-state index contributed by atoms with van der Waals surface area (Å²) < 4.78 is 26.7. The van der Waals surface area contributed by atoms with Gasteiger partial charge in [-0.05, 0) is 46.7 Å². The predicted molar refractivity (Wildman–Crippen MR) is 110 cm³/mol. The van der Waals surface area contributed by atoms with Crippen molar-refractivity contribution in [2.75, 3.05) is 0 Å². The number of carbonyl (C=O) groups is 1. The first-order valence-electron chi connectivity index (χ1n) is 7.81. The van der Waals surface area contributed by atoms with Crippen molar-refractivity contribution in [3.63, 3.8) is 0 Å². The molecule has 3 aromatic rings. The van der Waals surface area contributed by atoms with E-state index in [1.807, 2.05) is 0 Å². The van der Waals surface area contributed by atoms with E-state index in [0.717, 1.165) is 10.9 Å². The van der Waals surface area contributed by atoms with Crippen molar-refractivity contribution in [2.24, 2.45) is 0 Å². The monoisotopic (exact) mass is 459 g/mol. The van der Waals surface area contributed by atoms with Crippen LogP contribution in [0.25, 0.3) is 16.2 Å². The van der Waals surface area contributed by atoms with Gasteiger partial charge in [0.1, 0.15) is 5.82 Å². The molecule has 0 radical (unpaired) electrons. The molecule has 0 fully saturated rings. The second kappa shape index (κ2) is 8.33. The van der Waals surface area contributed by atoms with Gasteiger partial charge in [0.15, 0.2) is 5.66 Å². The van der Waals surface area contributed by atoms with E-state index in [2.05, 4.69) is 5.32 Å². The molecule has 1 aromatic heterocycles. The van der Waals surface area contributed by atoms with Crippen molar-refractivity contribution < 1.29 is 23.5 Å². The summed E-state index contributed by atoms with van der Waals surface area (Å²) in [7, 11) is -4.85. The molecule has 0 aliphatic heterocycles. The summed E-state index contributed by atoms with van der Waals surface area (Å²) in [6.45, 7) is 0. The van der Waals surface area contributed by atoms with Gasteiger partial charge in [0.25, 0.3) is 0 Å². The Morgan fingerprint density at radius 1 is 1.25 bits per heavy atom. The first kappa shape index (κ1) is 21.0. The summed E-state index contributed by atoms with van der Waals surface area (Å²) in [4.78, 5) is 32.1. The fourth-order valence-electron chi connectivity index (χ4n) is 2.65. The van der Waals surface area contributed by atoms with Gasteiger partial charge < -0.3 is 15.1 Å². The van der Waals surface area contributed by atoms with Crippen molar-refractivity contribution in [3.8, 4) is 0 Å². The van der Waals surface area contributed by atoms with Crippen LogP contribution in [0.3, 0.4) is 0 Å². The highest BCUT2D eigenvalue weighted by Gasteiger charge is 2.38. The van der Waals surface area contributed by atoms with Crippen LogP contribution in [0.4, 0.5) is 4.39 Å². The van der Waals surface area contributed by atoms with Gasteiger partial charge in [-0.1, -0.05) is 35.3 Å². The Labute approximate surface area is 173 Å². The fraction of sp³-hybridized carbons (Fsp3) is 0.0556. The number of halogens is 3. The van der Waals surface area contributed by atoms with E-state index in [4.69, 9.17) is 23.2 Å². The van der Waals surface area contributed by atoms with Gasteiger partial charge in [-0.25, -0.2) is 4.39 Å². The Morgan fingerprint density at radius 2 is 2.00 bits per heavy atom. The highest BCUT2D eigenvalue weighted by atomic mass is 35.5. The van der Waals surface area contributed by atoms with Gasteiger partial charge in [0.05, 0.1) is 5.02 Å². The molecule has 0 bridgehead atoms. The summed E-state index contributed by atoms with van der Waals surface area (Å²) in [5, 5.41) is 4.61. The van der Waals surface area contributed by atoms with E-state index in [0.29, 0.717) is 10.4 Å². The number of thiophene rings is 1. The fourth-order valence-corrected chi connectivity index (χ4v) is 5.03. The van der Waals surface area contributed by atoms with Gasteiger partial charge in [-0.2, -0.15) is 0 Å². The molecule has 3 rings (SSSR count). The van der Waals surface area contributed by atoms with E-state index in [9.17, 15) is 23.5 Å². The van der Waals surface area contributed by atoms with Gasteiger partial charge in [0.2, 0.25) is 5.91 Å². The van der Waals surface area contributed by atoms with Crippen LogP contribution in [-0.4, -0.2) is 15.7 Å². The van der Waals surface area contributed by atoms with Gasteiger partial charge >= 0.3 is 7.60 Å². The number of benzene rings is 2. The van der Waals surface area contributed by atoms with Gasteiger partial charge in [-0.15, -0.1) is 11.3 Å². The predicted octanol–water partition coefficient (Wildman–Crippen LogP) is 5.35. The summed E-state index contributed by atoms with van der Waals surface area (Å²) in [5.41, 5.74) is -1.43. The Hall–Kier alpha value is -1.73. The summed E-state index contributed by atoms with van der Waals surface area (Å²) in [6, 6.07) is 9.27. The lowest BCUT2D eigenvalue weighted by Gasteiger charge is -2.16. The third kappa shape index (κ3) is 4.46. The number of fused-ring (bicyclic) bond motifs is 1. The van der Waals surface area contributed by atoms with Crippen molar-refractivity contribution in [1.29, 1.82) is 0 Å². The molecule has 1 unspecified atom stereocenters. The molecule has 0 saturated heterocycles. The zero-order chi connectivity index (χ0) is 20.5. The number of nitrogens with one attached hydrogen (secondary N) is 1. The lowest BCUT2D eigenvalue weighted by molar-refractivity contribution is -0.120. The van der Waals surface area contributed by atoms with E-state index >= 15 is 0 Å². The van der Waals surface area contributed by atoms with Crippen LogP contribution in [0, 0.1) is 5.82 Å². The molecule has 0 saturated carbocycles. The number of hydrogen-bond acceptors (Lipinski definition) is 3. The maximum absolute atomic E-state index is 13.9. The Balaban J connectivity index is 1.91. The van der Waals surface area contributed by atoms with Crippen LogP contribution in [0.5, 0.6) is 0 Å². The highest BCUT2D eigenvalue weighted by molar-refractivity contribution is 7.53. The second-order valence-electron chi connectivity index (χ2n) is 5.81. The lowest BCUT2D eigenvalue weighted by atomic mass is 10.1. The minimum absolute atomic E-state index is 0.0804. The lowest BCUT2D eigenvalue weighted by Crippen LogP contribution is -2.25. The van der Waals surface area contributed by atoms with Gasteiger partial charge in [-0.3, -0.25) is 9.36 Å². The van der Waals surface area contributed by atoms with Crippen molar-refractivity contribution in [2.45, 2.75) is 5.66 Å². The molecule has 0 spiro atoms. The number of rotatable bonds is 5. The Bertz CT molecular complexity index is 1130. The standard InChI is InChI=1S/C18H13Cl2FNO4PS/c19-11-4-5-15-12(8-11)13(9-28-15)17(27(24,25)26)18(23)22-7-6-10-2-1-3-14(20)16(10)21/h1-9,17H,(H,22,23)(H2,24,25,26)/b7-6+. The van der Waals surface area contributed by atoms with E-state index in [1.165, 1.54) is 41.0 Å². The van der Waals surface area contributed by atoms with Gasteiger partial charge in [0, 0.05) is 21.5 Å². The summed E-state index contributed by atoms with van der Waals surface area (Å²) >= 11 is 12.9. The molecule has 0 aliphatic carbocycles. The Morgan fingerprint density at radius 3 is 2.71 bits per heavy atom. The first-order valence-corrected chi connectivity index (χ1v) is 11.1. The van der Waals surface area contributed by atoms with Crippen LogP contribution in [-0.2, 0) is 9.36 Å². The number of hydrogen-bond donors (Lipinski definition) is 3. The quantitative estimate of drug-likeness (QED) is 0.448. The normalized spacial score (nSPS) is 13.2. The molecule has 1 atom stereocenters. The molecular formula is C18H13Cl2FNO4PS. The molecule has 28 heavy (non-hydrogen) atoms. The highest BCUT2D eigenvalue weighted by Crippen LogP contribution is 2.54. The molecule has 1 heterocycles. The van der Waals surface area contributed by atoms with Crippen molar-refractivity contribution >= 4 is 64.2 Å². The zero-order valence-corrected chi connectivity index (χ0v) is 17.2. The van der Waals surface area contributed by atoms with Crippen LogP contribution < -0.4 is 5.32 Å². The van der Waals surface area contributed by atoms with E-state index in [1.54, 1.807) is 18.2 Å². The van der Waals surface area contributed by atoms with E-state index in [-0.39, 0.29) is 16.1 Å².